The standard InChI is InChI=1S/C14H20N2O3/c1-11(14(18)19)16-10-12(6-7-13(16)17)15-8-4-2-3-5-9-15/h6-7,10-11H,2-5,8-9H2,1H3,(H,18,19). The van der Waals surface area contributed by atoms with Crippen molar-refractivity contribution in [3.63, 3.8) is 0 Å². The minimum Gasteiger partial charge on any atom is -0.480 e. The Morgan fingerprint density at radius 3 is 2.42 bits per heavy atom. The summed E-state index contributed by atoms with van der Waals surface area (Å²) in [5, 5.41) is 9.03. The van der Waals surface area contributed by atoms with Gasteiger partial charge in [-0.3, -0.25) is 9.36 Å². The molecule has 0 aromatic carbocycles. The Morgan fingerprint density at radius 2 is 1.84 bits per heavy atom. The van der Waals surface area contributed by atoms with Gasteiger partial charge in [-0.25, -0.2) is 4.79 Å². The van der Waals surface area contributed by atoms with Crippen LogP contribution in [0.25, 0.3) is 0 Å². The molecular weight excluding hydrogens is 244 g/mol. The van der Waals surface area contributed by atoms with Gasteiger partial charge in [-0.2, -0.15) is 0 Å². The maximum Gasteiger partial charge on any atom is 0.326 e. The van der Waals surface area contributed by atoms with Crippen LogP contribution in [0.3, 0.4) is 0 Å². The second-order valence-corrected chi connectivity index (χ2v) is 5.05. The Morgan fingerprint density at radius 1 is 1.21 bits per heavy atom. The lowest BCUT2D eigenvalue weighted by molar-refractivity contribution is -0.140. The highest BCUT2D eigenvalue weighted by Gasteiger charge is 2.16. The van der Waals surface area contributed by atoms with E-state index in [4.69, 9.17) is 5.11 Å². The molecule has 0 saturated carbocycles. The monoisotopic (exact) mass is 264 g/mol. The molecule has 1 N–H and O–H groups in total. The van der Waals surface area contributed by atoms with Gasteiger partial charge in [0.2, 0.25) is 0 Å². The van der Waals surface area contributed by atoms with Crippen LogP contribution >= 0.6 is 0 Å². The van der Waals surface area contributed by atoms with Gasteiger partial charge in [-0.05, 0) is 25.8 Å². The molecule has 5 nitrogen and oxygen atoms in total. The summed E-state index contributed by atoms with van der Waals surface area (Å²) >= 11 is 0. The van der Waals surface area contributed by atoms with Crippen molar-refractivity contribution in [1.82, 2.24) is 4.57 Å². The van der Waals surface area contributed by atoms with E-state index in [9.17, 15) is 9.59 Å². The Hall–Kier alpha value is -1.78. The van der Waals surface area contributed by atoms with Crippen LogP contribution in [0.4, 0.5) is 5.69 Å². The van der Waals surface area contributed by atoms with Crippen LogP contribution in [0.15, 0.2) is 23.1 Å². The number of aromatic nitrogens is 1. The number of carbonyl (C=O) groups is 1. The Kier molecular flexibility index (Phi) is 4.24. The van der Waals surface area contributed by atoms with Crippen molar-refractivity contribution >= 4 is 11.7 Å². The minimum absolute atomic E-state index is 0.270. The lowest BCUT2D eigenvalue weighted by Crippen LogP contribution is -2.30. The molecule has 0 spiro atoms. The number of hydrogen-bond donors (Lipinski definition) is 1. The molecule has 1 unspecified atom stereocenters. The quantitative estimate of drug-likeness (QED) is 0.905. The van der Waals surface area contributed by atoms with Crippen LogP contribution in [0, 0.1) is 0 Å². The van der Waals surface area contributed by atoms with E-state index in [1.54, 1.807) is 12.3 Å². The number of hydrogen-bond acceptors (Lipinski definition) is 3. The number of pyridine rings is 1. The minimum atomic E-state index is -0.991. The van der Waals surface area contributed by atoms with Crippen molar-refractivity contribution in [3.8, 4) is 0 Å². The first kappa shape index (κ1) is 13.6. The molecule has 0 radical (unpaired) electrons. The number of nitrogens with zero attached hydrogens (tertiary/aromatic N) is 2. The van der Waals surface area contributed by atoms with Crippen molar-refractivity contribution in [2.75, 3.05) is 18.0 Å². The molecule has 1 aromatic heterocycles. The van der Waals surface area contributed by atoms with E-state index in [-0.39, 0.29) is 5.56 Å². The first-order chi connectivity index (χ1) is 9.09. The zero-order valence-electron chi connectivity index (χ0n) is 11.2. The summed E-state index contributed by atoms with van der Waals surface area (Å²) in [7, 11) is 0. The molecule has 1 saturated heterocycles. The number of anilines is 1. The zero-order valence-corrected chi connectivity index (χ0v) is 11.2. The summed E-state index contributed by atoms with van der Waals surface area (Å²) in [6, 6.07) is 2.41. The summed E-state index contributed by atoms with van der Waals surface area (Å²) in [6.45, 7) is 3.47. The van der Waals surface area contributed by atoms with Crippen LogP contribution < -0.4 is 10.5 Å². The van der Waals surface area contributed by atoms with Gasteiger partial charge in [0.15, 0.2) is 0 Å². The average molecular weight is 264 g/mol. The topological polar surface area (TPSA) is 62.5 Å². The van der Waals surface area contributed by atoms with Gasteiger partial charge in [-0.15, -0.1) is 0 Å². The number of carboxylic acid groups (broad SMARTS) is 1. The molecule has 19 heavy (non-hydrogen) atoms. The third-order valence-electron chi connectivity index (χ3n) is 3.67. The molecule has 1 aliphatic heterocycles. The maximum atomic E-state index is 11.7. The van der Waals surface area contributed by atoms with Crippen LogP contribution in [-0.2, 0) is 4.79 Å². The third kappa shape index (κ3) is 3.16. The smallest absolute Gasteiger partial charge is 0.326 e. The molecule has 1 atom stereocenters. The van der Waals surface area contributed by atoms with Crippen LogP contribution in [0.2, 0.25) is 0 Å². The average Bonchev–Trinajstić information content (AvgIpc) is 2.67. The zero-order chi connectivity index (χ0) is 13.8. The van der Waals surface area contributed by atoms with Crippen molar-refractivity contribution in [2.45, 2.75) is 38.6 Å². The fourth-order valence-electron chi connectivity index (χ4n) is 2.43. The summed E-state index contributed by atoms with van der Waals surface area (Å²) in [4.78, 5) is 25.0. The molecule has 0 amide bonds. The van der Waals surface area contributed by atoms with Gasteiger partial charge >= 0.3 is 5.97 Å². The fraction of sp³-hybridized carbons (Fsp3) is 0.571. The lowest BCUT2D eigenvalue weighted by atomic mass is 10.2. The summed E-state index contributed by atoms with van der Waals surface area (Å²) in [5.74, 6) is -0.991. The van der Waals surface area contributed by atoms with E-state index < -0.39 is 12.0 Å². The van der Waals surface area contributed by atoms with E-state index in [0.29, 0.717) is 0 Å². The van der Waals surface area contributed by atoms with E-state index >= 15 is 0 Å². The molecule has 1 aliphatic rings. The fourth-order valence-corrected chi connectivity index (χ4v) is 2.43. The SMILES string of the molecule is CC(C(=O)O)n1cc(N2CCCCCC2)ccc1=O. The number of carboxylic acids is 1. The van der Waals surface area contributed by atoms with Crippen molar-refractivity contribution < 1.29 is 9.90 Å². The van der Waals surface area contributed by atoms with Crippen molar-refractivity contribution in [2.24, 2.45) is 0 Å². The second kappa shape index (κ2) is 5.91. The molecule has 2 rings (SSSR count). The van der Waals surface area contributed by atoms with Gasteiger partial charge in [0.1, 0.15) is 6.04 Å². The highest BCUT2D eigenvalue weighted by Crippen LogP contribution is 2.19. The molecule has 2 heterocycles. The first-order valence-corrected chi connectivity index (χ1v) is 6.79. The largest absolute Gasteiger partial charge is 0.480 e. The predicted octanol–water partition coefficient (Wildman–Crippen LogP) is 1.87. The third-order valence-corrected chi connectivity index (χ3v) is 3.67. The normalized spacial score (nSPS) is 17.8. The van der Waals surface area contributed by atoms with E-state index in [2.05, 4.69) is 4.90 Å². The van der Waals surface area contributed by atoms with E-state index in [0.717, 1.165) is 31.6 Å². The molecule has 1 fully saturated rings. The molecule has 1 aromatic rings. The van der Waals surface area contributed by atoms with Gasteiger partial charge < -0.3 is 10.0 Å². The summed E-state index contributed by atoms with van der Waals surface area (Å²) < 4.78 is 1.29. The Labute approximate surface area is 112 Å². The highest BCUT2D eigenvalue weighted by molar-refractivity contribution is 5.71. The molecule has 104 valence electrons. The van der Waals surface area contributed by atoms with Gasteiger partial charge in [0.05, 0.1) is 5.69 Å². The second-order valence-electron chi connectivity index (χ2n) is 5.05. The molecule has 5 heteroatoms. The van der Waals surface area contributed by atoms with Crippen LogP contribution in [0.1, 0.15) is 38.6 Å². The Bertz CT molecular complexity index is 502. The van der Waals surface area contributed by atoms with Crippen molar-refractivity contribution in [3.05, 3.63) is 28.7 Å². The maximum absolute atomic E-state index is 11.7. The van der Waals surface area contributed by atoms with Crippen molar-refractivity contribution in [1.29, 1.82) is 0 Å². The highest BCUT2D eigenvalue weighted by atomic mass is 16.4. The van der Waals surface area contributed by atoms with E-state index in [1.165, 1.54) is 30.4 Å². The summed E-state index contributed by atoms with van der Waals surface area (Å²) in [5.41, 5.74) is 0.670. The van der Waals surface area contributed by atoms with Gasteiger partial charge in [0.25, 0.3) is 5.56 Å². The molecular formula is C14H20N2O3. The number of aliphatic carboxylic acids is 1. The molecule has 0 bridgehead atoms. The van der Waals surface area contributed by atoms with Gasteiger partial charge in [-0.1, -0.05) is 12.8 Å². The summed E-state index contributed by atoms with van der Waals surface area (Å²) in [6.07, 6.45) is 6.44. The predicted molar refractivity (Wildman–Crippen MR) is 73.7 cm³/mol. The Balaban J connectivity index is 2.29. The molecule has 0 aliphatic carbocycles. The van der Waals surface area contributed by atoms with Crippen LogP contribution in [-0.4, -0.2) is 28.7 Å². The lowest BCUT2D eigenvalue weighted by Gasteiger charge is -2.24. The number of rotatable bonds is 3. The van der Waals surface area contributed by atoms with E-state index in [1.807, 2.05) is 0 Å². The van der Waals surface area contributed by atoms with Crippen LogP contribution in [0.5, 0.6) is 0 Å². The van der Waals surface area contributed by atoms with Gasteiger partial charge in [0, 0.05) is 25.4 Å². The first-order valence-electron chi connectivity index (χ1n) is 6.79.